The van der Waals surface area contributed by atoms with Crippen LogP contribution in [0, 0.1) is 0 Å². The second kappa shape index (κ2) is 2.14. The first-order chi connectivity index (χ1) is 6.36. The van der Waals surface area contributed by atoms with Gasteiger partial charge in [0.2, 0.25) is 0 Å². The number of nitrogens with two attached hydrogens (primary N) is 1. The van der Waals surface area contributed by atoms with Crippen molar-refractivity contribution >= 4 is 5.65 Å². The molecule has 4 heteroatoms. The van der Waals surface area contributed by atoms with E-state index >= 15 is 0 Å². The van der Waals surface area contributed by atoms with Gasteiger partial charge in [0.25, 0.3) is 0 Å². The van der Waals surface area contributed by atoms with Crippen LogP contribution in [0.15, 0.2) is 18.6 Å². The highest BCUT2D eigenvalue weighted by molar-refractivity contribution is 5.48. The Morgan fingerprint density at radius 2 is 2.38 bits per heavy atom. The second-order valence-corrected chi connectivity index (χ2v) is 3.85. The van der Waals surface area contributed by atoms with Gasteiger partial charge in [-0.3, -0.25) is 0 Å². The molecule has 2 aromatic heterocycles. The zero-order valence-electron chi connectivity index (χ0n) is 7.38. The molecular formula is C9H13N4+. The highest BCUT2D eigenvalue weighted by Crippen LogP contribution is 2.47. The Morgan fingerprint density at radius 1 is 1.54 bits per heavy atom. The van der Waals surface area contributed by atoms with E-state index in [1.54, 1.807) is 0 Å². The lowest BCUT2D eigenvalue weighted by Crippen LogP contribution is -2.22. The van der Waals surface area contributed by atoms with Crippen LogP contribution in [-0.4, -0.2) is 16.6 Å². The van der Waals surface area contributed by atoms with Crippen molar-refractivity contribution in [2.24, 2.45) is 5.73 Å². The van der Waals surface area contributed by atoms with Gasteiger partial charge in [0, 0.05) is 12.0 Å². The average molecular weight is 177 g/mol. The van der Waals surface area contributed by atoms with Crippen LogP contribution < -0.4 is 10.2 Å². The van der Waals surface area contributed by atoms with Crippen LogP contribution in [0.1, 0.15) is 18.4 Å². The summed E-state index contributed by atoms with van der Waals surface area (Å²) in [6.45, 7) is 0.750. The highest BCUT2D eigenvalue weighted by Gasteiger charge is 2.46. The molecule has 2 heterocycles. The third kappa shape index (κ3) is 0.808. The van der Waals surface area contributed by atoms with E-state index in [4.69, 9.17) is 5.73 Å². The molecule has 4 N–H and O–H groups in total. The first-order valence-electron chi connectivity index (χ1n) is 4.62. The molecule has 1 fully saturated rings. The number of nitrogens with one attached hydrogen (secondary N) is 2. The Morgan fingerprint density at radius 3 is 3.08 bits per heavy atom. The first kappa shape index (κ1) is 7.15. The van der Waals surface area contributed by atoms with Crippen molar-refractivity contribution < 1.29 is 4.52 Å². The van der Waals surface area contributed by atoms with Crippen molar-refractivity contribution in [3.05, 3.63) is 24.2 Å². The maximum atomic E-state index is 5.78. The third-order valence-electron chi connectivity index (χ3n) is 3.10. The SMILES string of the molecule is NCC1(c2c[nH][n+]3cc[nH]c23)CC1. The summed E-state index contributed by atoms with van der Waals surface area (Å²) in [4.78, 5) is 3.22. The minimum Gasteiger partial charge on any atom is -0.330 e. The summed E-state index contributed by atoms with van der Waals surface area (Å²) in [5.41, 5.74) is 8.53. The molecule has 0 bridgehead atoms. The molecule has 3 rings (SSSR count). The molecular weight excluding hydrogens is 164 g/mol. The summed E-state index contributed by atoms with van der Waals surface area (Å²) >= 11 is 0. The zero-order valence-corrected chi connectivity index (χ0v) is 7.38. The van der Waals surface area contributed by atoms with Gasteiger partial charge >= 0.3 is 5.65 Å². The van der Waals surface area contributed by atoms with Crippen LogP contribution in [-0.2, 0) is 5.41 Å². The van der Waals surface area contributed by atoms with Crippen molar-refractivity contribution in [3.8, 4) is 0 Å². The summed E-state index contributed by atoms with van der Waals surface area (Å²) in [6, 6.07) is 0. The van der Waals surface area contributed by atoms with Crippen molar-refractivity contribution in [2.45, 2.75) is 18.3 Å². The maximum absolute atomic E-state index is 5.78. The van der Waals surface area contributed by atoms with Gasteiger partial charge < -0.3 is 5.73 Å². The van der Waals surface area contributed by atoms with E-state index in [-0.39, 0.29) is 5.41 Å². The summed E-state index contributed by atoms with van der Waals surface area (Å²) in [5, 5.41) is 3.18. The topological polar surface area (TPSA) is 61.7 Å². The fourth-order valence-corrected chi connectivity index (χ4v) is 1.99. The fraction of sp³-hybridized carbons (Fsp3) is 0.444. The van der Waals surface area contributed by atoms with Crippen molar-refractivity contribution in [2.75, 3.05) is 6.54 Å². The summed E-state index contributed by atoms with van der Waals surface area (Å²) < 4.78 is 1.99. The lowest BCUT2D eigenvalue weighted by molar-refractivity contribution is -0.575. The van der Waals surface area contributed by atoms with E-state index in [0.29, 0.717) is 0 Å². The number of hydrogen-bond acceptors (Lipinski definition) is 1. The van der Waals surface area contributed by atoms with E-state index in [2.05, 4.69) is 16.3 Å². The van der Waals surface area contributed by atoms with Gasteiger partial charge in [0.05, 0.1) is 11.8 Å². The number of aromatic nitrogens is 3. The molecule has 4 nitrogen and oxygen atoms in total. The molecule has 0 unspecified atom stereocenters. The Labute approximate surface area is 75.7 Å². The number of H-pyrrole nitrogens is 2. The molecule has 1 aliphatic carbocycles. The van der Waals surface area contributed by atoms with Gasteiger partial charge in [0.15, 0.2) is 6.20 Å². The summed E-state index contributed by atoms with van der Waals surface area (Å²) in [6.07, 6.45) is 8.41. The Bertz CT molecular complexity index is 435. The first-order valence-corrected chi connectivity index (χ1v) is 4.62. The lowest BCUT2D eigenvalue weighted by Gasteiger charge is -2.05. The van der Waals surface area contributed by atoms with Crippen LogP contribution in [0.25, 0.3) is 5.65 Å². The predicted molar refractivity (Wildman–Crippen MR) is 48.3 cm³/mol. The van der Waals surface area contributed by atoms with Crippen molar-refractivity contribution in [1.82, 2.24) is 10.1 Å². The molecule has 1 saturated carbocycles. The number of aromatic amines is 2. The fourth-order valence-electron chi connectivity index (χ4n) is 1.99. The number of hydrogen-bond donors (Lipinski definition) is 3. The van der Waals surface area contributed by atoms with Crippen LogP contribution in [0.5, 0.6) is 0 Å². The van der Waals surface area contributed by atoms with Crippen LogP contribution in [0.3, 0.4) is 0 Å². The van der Waals surface area contributed by atoms with Crippen LogP contribution >= 0.6 is 0 Å². The highest BCUT2D eigenvalue weighted by atomic mass is 15.3. The molecule has 0 spiro atoms. The molecule has 0 aromatic carbocycles. The van der Waals surface area contributed by atoms with Gasteiger partial charge in [-0.25, -0.2) is 10.1 Å². The number of nitrogens with zero attached hydrogens (tertiary/aromatic N) is 1. The lowest BCUT2D eigenvalue weighted by atomic mass is 10.00. The van der Waals surface area contributed by atoms with Gasteiger partial charge in [-0.2, -0.15) is 0 Å². The zero-order chi connectivity index (χ0) is 8.89. The predicted octanol–water partition coefficient (Wildman–Crippen LogP) is 0.0718. The van der Waals surface area contributed by atoms with Gasteiger partial charge in [0.1, 0.15) is 6.20 Å². The van der Waals surface area contributed by atoms with Gasteiger partial charge in [-0.15, -0.1) is 4.52 Å². The summed E-state index contributed by atoms with van der Waals surface area (Å²) in [5.74, 6) is 0. The molecule has 68 valence electrons. The third-order valence-corrected chi connectivity index (χ3v) is 3.10. The van der Waals surface area contributed by atoms with E-state index in [1.165, 1.54) is 18.4 Å². The summed E-state index contributed by atoms with van der Waals surface area (Å²) in [7, 11) is 0. The number of rotatable bonds is 2. The van der Waals surface area contributed by atoms with E-state index in [1.807, 2.05) is 16.9 Å². The molecule has 0 aliphatic heterocycles. The molecule has 13 heavy (non-hydrogen) atoms. The van der Waals surface area contributed by atoms with Gasteiger partial charge in [-0.1, -0.05) is 0 Å². The normalized spacial score (nSPS) is 19.5. The van der Waals surface area contributed by atoms with Crippen LogP contribution in [0.4, 0.5) is 0 Å². The number of imidazole rings is 1. The molecule has 0 radical (unpaired) electrons. The Hall–Kier alpha value is -1.29. The molecule has 0 amide bonds. The number of fused-ring (bicyclic) bond motifs is 1. The molecule has 0 atom stereocenters. The van der Waals surface area contributed by atoms with Crippen molar-refractivity contribution in [1.29, 1.82) is 0 Å². The second-order valence-electron chi connectivity index (χ2n) is 3.85. The van der Waals surface area contributed by atoms with E-state index in [0.717, 1.165) is 12.2 Å². The molecule has 0 saturated heterocycles. The Kier molecular flexibility index (Phi) is 1.18. The maximum Gasteiger partial charge on any atom is 0.308 e. The van der Waals surface area contributed by atoms with Crippen LogP contribution in [0.2, 0.25) is 0 Å². The minimum absolute atomic E-state index is 0.260. The quantitative estimate of drug-likeness (QED) is 0.559. The standard InChI is InChI=1S/C9H12N4/c10-6-9(1-2-9)7-5-12-13-4-3-11-8(7)13/h3-5H,1-2,6,10H2,(H,11,12)/p+1. The minimum atomic E-state index is 0.260. The molecule has 2 aromatic rings. The van der Waals surface area contributed by atoms with E-state index in [9.17, 15) is 0 Å². The largest absolute Gasteiger partial charge is 0.330 e. The van der Waals surface area contributed by atoms with Crippen molar-refractivity contribution in [3.63, 3.8) is 0 Å². The smallest absolute Gasteiger partial charge is 0.308 e. The monoisotopic (exact) mass is 177 g/mol. The average Bonchev–Trinajstić information content (AvgIpc) is 2.62. The van der Waals surface area contributed by atoms with Gasteiger partial charge in [-0.05, 0) is 12.8 Å². The Balaban J connectivity index is 2.21. The molecule has 1 aliphatic rings. The van der Waals surface area contributed by atoms with E-state index < -0.39 is 0 Å².